The number of tetrazole rings is 1. The topological polar surface area (TPSA) is 143 Å². The van der Waals surface area contributed by atoms with E-state index in [1.807, 2.05) is 30.3 Å². The van der Waals surface area contributed by atoms with Crippen molar-refractivity contribution in [2.45, 2.75) is 0 Å². The molecule has 6 aromatic rings. The number of aromatic nitrogens is 5. The van der Waals surface area contributed by atoms with Gasteiger partial charge in [-0.3, -0.25) is 5.32 Å². The van der Waals surface area contributed by atoms with E-state index in [2.05, 4.69) is 30.7 Å². The van der Waals surface area contributed by atoms with Gasteiger partial charge in [0.2, 0.25) is 0 Å². The third-order valence-electron chi connectivity index (χ3n) is 6.54. The van der Waals surface area contributed by atoms with Crippen LogP contribution in [0, 0.1) is 0 Å². The number of nitrogens with zero attached hydrogens (tertiary/aromatic N) is 5. The summed E-state index contributed by atoms with van der Waals surface area (Å²) in [5, 5.41) is 19.3. The van der Waals surface area contributed by atoms with Crippen LogP contribution in [0.15, 0.2) is 89.7 Å². The maximum atomic E-state index is 12.5. The highest BCUT2D eigenvalue weighted by Crippen LogP contribution is 2.37. The standard InChI is InChI=1S/C30H21ClN6O6/c1-40-29(38)22-11-9-21(15-24(22)17-3-7-20(8-4-17)33-30(39)41-2)42-28-23-10-5-18(13-27(23)43-34-28)25-14-19(31)6-12-26(25)37-16-32-35-36-37/h3-16H,1-2H3,(H,33,39). The highest BCUT2D eigenvalue weighted by Gasteiger charge is 2.18. The van der Waals surface area contributed by atoms with Gasteiger partial charge >= 0.3 is 12.1 Å². The first-order valence-electron chi connectivity index (χ1n) is 12.7. The lowest BCUT2D eigenvalue weighted by molar-refractivity contribution is 0.0601. The number of fused-ring (bicyclic) bond motifs is 1. The Kier molecular flexibility index (Phi) is 7.41. The molecule has 0 spiro atoms. The molecular formula is C30H21ClN6O6. The molecule has 2 aromatic heterocycles. The first-order chi connectivity index (χ1) is 20.9. The van der Waals surface area contributed by atoms with Crippen LogP contribution in [0.25, 0.3) is 38.9 Å². The van der Waals surface area contributed by atoms with Gasteiger partial charge in [0.05, 0.1) is 30.9 Å². The van der Waals surface area contributed by atoms with Gasteiger partial charge in [-0.25, -0.2) is 9.59 Å². The number of esters is 1. The van der Waals surface area contributed by atoms with Gasteiger partial charge in [0.15, 0.2) is 5.58 Å². The Morgan fingerprint density at radius 2 is 1.70 bits per heavy atom. The molecule has 1 N–H and O–H groups in total. The summed E-state index contributed by atoms with van der Waals surface area (Å²) in [5.74, 6) is 0.136. The van der Waals surface area contributed by atoms with Crippen molar-refractivity contribution in [2.75, 3.05) is 19.5 Å². The molecule has 12 nitrogen and oxygen atoms in total. The van der Waals surface area contributed by atoms with Crippen molar-refractivity contribution in [2.24, 2.45) is 0 Å². The Hall–Kier alpha value is -5.75. The van der Waals surface area contributed by atoms with E-state index in [1.54, 1.807) is 53.2 Å². The molecule has 2 heterocycles. The third-order valence-corrected chi connectivity index (χ3v) is 6.78. The molecule has 43 heavy (non-hydrogen) atoms. The SMILES string of the molecule is COC(=O)Nc1ccc(-c2cc(Oc3noc4cc(-c5cc(Cl)ccc5-n5cnnn5)ccc34)ccc2C(=O)OC)cc1. The number of hydrogen-bond donors (Lipinski definition) is 1. The van der Waals surface area contributed by atoms with Crippen molar-refractivity contribution in [1.82, 2.24) is 25.4 Å². The quantitative estimate of drug-likeness (QED) is 0.201. The van der Waals surface area contributed by atoms with Crippen LogP contribution in [0.4, 0.5) is 10.5 Å². The zero-order chi connectivity index (χ0) is 29.9. The van der Waals surface area contributed by atoms with Gasteiger partial charge in [-0.2, -0.15) is 4.68 Å². The molecule has 0 unspecified atom stereocenters. The summed E-state index contributed by atoms with van der Waals surface area (Å²) in [6.07, 6.45) is 0.907. The van der Waals surface area contributed by atoms with E-state index in [4.69, 9.17) is 25.6 Å². The predicted octanol–water partition coefficient (Wildman–Crippen LogP) is 6.55. The second-order valence-electron chi connectivity index (χ2n) is 9.11. The van der Waals surface area contributed by atoms with Crippen molar-refractivity contribution in [3.63, 3.8) is 0 Å². The van der Waals surface area contributed by atoms with Gasteiger partial charge in [0.1, 0.15) is 12.1 Å². The molecule has 214 valence electrons. The summed E-state index contributed by atoms with van der Waals surface area (Å²) in [7, 11) is 2.59. The minimum absolute atomic E-state index is 0.239. The number of rotatable bonds is 7. The summed E-state index contributed by atoms with van der Waals surface area (Å²) < 4.78 is 22.9. The molecule has 0 aliphatic rings. The molecule has 1 amide bonds. The van der Waals surface area contributed by atoms with Crippen LogP contribution in [-0.2, 0) is 9.47 Å². The number of anilines is 1. The highest BCUT2D eigenvalue weighted by atomic mass is 35.5. The number of carbonyl (C=O) groups is 2. The molecule has 0 aliphatic carbocycles. The van der Waals surface area contributed by atoms with E-state index >= 15 is 0 Å². The molecule has 0 saturated carbocycles. The van der Waals surface area contributed by atoms with Crippen molar-refractivity contribution in [1.29, 1.82) is 0 Å². The van der Waals surface area contributed by atoms with E-state index in [9.17, 15) is 9.59 Å². The molecule has 0 aliphatic heterocycles. The van der Waals surface area contributed by atoms with Crippen molar-refractivity contribution in [3.8, 4) is 39.6 Å². The number of carbonyl (C=O) groups excluding carboxylic acids is 2. The average molecular weight is 597 g/mol. The lowest BCUT2D eigenvalue weighted by Gasteiger charge is -2.12. The number of ether oxygens (including phenoxy) is 3. The minimum Gasteiger partial charge on any atom is -0.465 e. The molecule has 0 fully saturated rings. The van der Waals surface area contributed by atoms with E-state index in [0.717, 1.165) is 16.8 Å². The molecule has 6 rings (SSSR count). The van der Waals surface area contributed by atoms with E-state index < -0.39 is 12.1 Å². The van der Waals surface area contributed by atoms with Crippen LogP contribution in [0.3, 0.4) is 0 Å². The summed E-state index contributed by atoms with van der Waals surface area (Å²) >= 11 is 6.30. The average Bonchev–Trinajstić information content (AvgIpc) is 3.71. The first-order valence-corrected chi connectivity index (χ1v) is 13.1. The van der Waals surface area contributed by atoms with E-state index in [-0.39, 0.29) is 5.88 Å². The van der Waals surface area contributed by atoms with Gasteiger partial charge < -0.3 is 18.7 Å². The second-order valence-corrected chi connectivity index (χ2v) is 9.55. The third kappa shape index (κ3) is 5.59. The number of methoxy groups -OCH3 is 2. The fourth-order valence-corrected chi connectivity index (χ4v) is 4.67. The monoisotopic (exact) mass is 596 g/mol. The lowest BCUT2D eigenvalue weighted by Crippen LogP contribution is -2.10. The summed E-state index contributed by atoms with van der Waals surface area (Å²) in [5.41, 5.74) is 4.91. The smallest absolute Gasteiger partial charge is 0.411 e. The molecular weight excluding hydrogens is 576 g/mol. The fourth-order valence-electron chi connectivity index (χ4n) is 4.49. The van der Waals surface area contributed by atoms with Gasteiger partial charge in [-0.15, -0.1) is 5.10 Å². The fraction of sp³-hybridized carbons (Fsp3) is 0.0667. The van der Waals surface area contributed by atoms with Crippen LogP contribution >= 0.6 is 11.6 Å². The Bertz CT molecular complexity index is 1960. The number of nitrogens with one attached hydrogen (secondary N) is 1. The van der Waals surface area contributed by atoms with Crippen LogP contribution in [0.2, 0.25) is 5.02 Å². The molecule has 0 radical (unpaired) electrons. The van der Waals surface area contributed by atoms with Gasteiger partial charge in [-0.1, -0.05) is 29.8 Å². The Morgan fingerprint density at radius 3 is 2.44 bits per heavy atom. The normalized spacial score (nSPS) is 10.9. The number of hydrogen-bond acceptors (Lipinski definition) is 10. The second kappa shape index (κ2) is 11.6. The molecule has 0 saturated heterocycles. The Morgan fingerprint density at radius 1 is 0.884 bits per heavy atom. The summed E-state index contributed by atoms with van der Waals surface area (Å²) in [4.78, 5) is 24.1. The predicted molar refractivity (Wildman–Crippen MR) is 156 cm³/mol. The van der Waals surface area contributed by atoms with Crippen molar-refractivity contribution in [3.05, 3.63) is 95.8 Å². The van der Waals surface area contributed by atoms with Crippen LogP contribution in [0.5, 0.6) is 11.6 Å². The zero-order valence-corrected chi connectivity index (χ0v) is 23.4. The Balaban J connectivity index is 1.32. The van der Waals surface area contributed by atoms with Gasteiger partial charge in [-0.05, 0) is 92.9 Å². The maximum Gasteiger partial charge on any atom is 0.411 e. The summed E-state index contributed by atoms with van der Waals surface area (Å²) in [6.45, 7) is 0. The maximum absolute atomic E-state index is 12.5. The largest absolute Gasteiger partial charge is 0.465 e. The van der Waals surface area contributed by atoms with E-state index in [0.29, 0.717) is 44.1 Å². The van der Waals surface area contributed by atoms with Crippen LogP contribution in [-0.4, -0.2) is 51.6 Å². The van der Waals surface area contributed by atoms with Crippen molar-refractivity contribution >= 4 is 40.3 Å². The highest BCUT2D eigenvalue weighted by molar-refractivity contribution is 6.31. The zero-order valence-electron chi connectivity index (χ0n) is 22.6. The van der Waals surface area contributed by atoms with Crippen molar-refractivity contribution < 1.29 is 28.3 Å². The molecule has 13 heteroatoms. The number of halogens is 1. The van der Waals surface area contributed by atoms with Crippen LogP contribution in [0.1, 0.15) is 10.4 Å². The first kappa shape index (κ1) is 27.4. The van der Waals surface area contributed by atoms with Gasteiger partial charge in [0.25, 0.3) is 5.88 Å². The molecule has 0 bridgehead atoms. The van der Waals surface area contributed by atoms with Crippen LogP contribution < -0.4 is 10.1 Å². The Labute approximate surface area is 248 Å². The van der Waals surface area contributed by atoms with E-state index in [1.165, 1.54) is 20.5 Å². The lowest BCUT2D eigenvalue weighted by atomic mass is 9.99. The molecule has 0 atom stereocenters. The number of amides is 1. The minimum atomic E-state index is -0.592. The number of benzene rings is 4. The van der Waals surface area contributed by atoms with Gasteiger partial charge in [0, 0.05) is 16.3 Å². The molecule has 4 aromatic carbocycles. The summed E-state index contributed by atoms with van der Waals surface area (Å²) in [6, 6.07) is 22.8.